The number of aliphatic hydroxyl groups is 1. The Bertz CT molecular complexity index is 263. The van der Waals surface area contributed by atoms with Gasteiger partial charge in [0.1, 0.15) is 5.60 Å². The van der Waals surface area contributed by atoms with Crippen molar-refractivity contribution in [3.63, 3.8) is 0 Å². The lowest BCUT2D eigenvalue weighted by Crippen LogP contribution is -2.41. The van der Waals surface area contributed by atoms with E-state index < -0.39 is 5.60 Å². The fraction of sp³-hybridized carbons (Fsp3) is 0.923. The Kier molecular flexibility index (Phi) is 5.88. The van der Waals surface area contributed by atoms with E-state index in [1.54, 1.807) is 0 Å². The molecule has 0 spiro atoms. The lowest BCUT2D eigenvalue weighted by Gasteiger charge is -2.27. The molecule has 1 saturated carbocycles. The maximum atomic E-state index is 11.4. The molecule has 0 radical (unpaired) electrons. The standard InChI is InChI=1S/C13H26N2O3/c1-13(2,3)18-12(17)15-8-7-14-10-5-4-6-11(16)9-10/h10-11,14,16H,4-9H2,1-3H3,(H,15,17). The summed E-state index contributed by atoms with van der Waals surface area (Å²) in [7, 11) is 0. The molecule has 106 valence electrons. The molecule has 1 amide bonds. The number of hydrogen-bond donors (Lipinski definition) is 3. The fourth-order valence-electron chi connectivity index (χ4n) is 2.10. The summed E-state index contributed by atoms with van der Waals surface area (Å²) in [6.45, 7) is 6.77. The second kappa shape index (κ2) is 6.95. The predicted molar refractivity (Wildman–Crippen MR) is 70.5 cm³/mol. The molecular weight excluding hydrogens is 232 g/mol. The van der Waals surface area contributed by atoms with Gasteiger partial charge in [-0.3, -0.25) is 0 Å². The van der Waals surface area contributed by atoms with Gasteiger partial charge in [0.05, 0.1) is 6.10 Å². The second-order valence-electron chi connectivity index (χ2n) is 5.90. The molecule has 0 aromatic rings. The number of ether oxygens (including phenoxy) is 1. The van der Waals surface area contributed by atoms with Gasteiger partial charge in [0.2, 0.25) is 0 Å². The van der Waals surface area contributed by atoms with Gasteiger partial charge in [-0.25, -0.2) is 4.79 Å². The van der Waals surface area contributed by atoms with E-state index in [0.717, 1.165) is 25.7 Å². The summed E-state index contributed by atoms with van der Waals surface area (Å²) in [6, 6.07) is 0.370. The number of alkyl carbamates (subject to hydrolysis) is 1. The number of carbonyl (C=O) groups is 1. The van der Waals surface area contributed by atoms with E-state index in [2.05, 4.69) is 10.6 Å². The maximum Gasteiger partial charge on any atom is 0.407 e. The van der Waals surface area contributed by atoms with E-state index in [4.69, 9.17) is 4.74 Å². The Balaban J connectivity index is 2.06. The maximum absolute atomic E-state index is 11.4. The number of amides is 1. The van der Waals surface area contributed by atoms with Crippen molar-refractivity contribution in [3.05, 3.63) is 0 Å². The van der Waals surface area contributed by atoms with Crippen molar-refractivity contribution in [3.8, 4) is 0 Å². The highest BCUT2D eigenvalue weighted by atomic mass is 16.6. The zero-order chi connectivity index (χ0) is 13.6. The SMILES string of the molecule is CC(C)(C)OC(=O)NCCNC1CCCC(O)C1. The van der Waals surface area contributed by atoms with Gasteiger partial charge in [-0.2, -0.15) is 0 Å². The van der Waals surface area contributed by atoms with Crippen LogP contribution in [0.15, 0.2) is 0 Å². The Morgan fingerprint density at radius 2 is 2.06 bits per heavy atom. The van der Waals surface area contributed by atoms with Crippen LogP contribution in [0.3, 0.4) is 0 Å². The number of carbonyl (C=O) groups excluding carboxylic acids is 1. The van der Waals surface area contributed by atoms with Crippen LogP contribution in [0, 0.1) is 0 Å². The fourth-order valence-corrected chi connectivity index (χ4v) is 2.10. The quantitative estimate of drug-likeness (QED) is 0.667. The molecule has 0 heterocycles. The van der Waals surface area contributed by atoms with Crippen molar-refractivity contribution in [1.82, 2.24) is 10.6 Å². The van der Waals surface area contributed by atoms with Gasteiger partial charge < -0.3 is 20.5 Å². The van der Waals surface area contributed by atoms with Crippen molar-refractivity contribution < 1.29 is 14.6 Å². The summed E-state index contributed by atoms with van der Waals surface area (Å²) < 4.78 is 5.13. The molecule has 0 aromatic heterocycles. The first-order valence-corrected chi connectivity index (χ1v) is 6.75. The molecule has 2 unspecified atom stereocenters. The third-order valence-electron chi connectivity index (χ3n) is 2.87. The topological polar surface area (TPSA) is 70.6 Å². The minimum absolute atomic E-state index is 0.171. The highest BCUT2D eigenvalue weighted by Gasteiger charge is 2.19. The summed E-state index contributed by atoms with van der Waals surface area (Å²) in [5, 5.41) is 15.6. The lowest BCUT2D eigenvalue weighted by atomic mass is 9.93. The van der Waals surface area contributed by atoms with Crippen molar-refractivity contribution >= 4 is 6.09 Å². The molecule has 3 N–H and O–H groups in total. The van der Waals surface area contributed by atoms with Crippen LogP contribution in [-0.4, -0.2) is 42.0 Å². The van der Waals surface area contributed by atoms with Gasteiger partial charge in [0.25, 0.3) is 0 Å². The molecule has 0 aliphatic heterocycles. The normalized spacial score (nSPS) is 24.7. The van der Waals surface area contributed by atoms with Gasteiger partial charge in [-0.15, -0.1) is 0 Å². The van der Waals surface area contributed by atoms with E-state index in [1.165, 1.54) is 0 Å². The molecule has 18 heavy (non-hydrogen) atoms. The minimum Gasteiger partial charge on any atom is -0.444 e. The Labute approximate surface area is 109 Å². The van der Waals surface area contributed by atoms with Crippen molar-refractivity contribution in [2.24, 2.45) is 0 Å². The van der Waals surface area contributed by atoms with Crippen LogP contribution >= 0.6 is 0 Å². The molecule has 1 rings (SSSR count). The van der Waals surface area contributed by atoms with Crippen LogP contribution in [0.25, 0.3) is 0 Å². The Morgan fingerprint density at radius 3 is 2.67 bits per heavy atom. The van der Waals surface area contributed by atoms with Crippen LogP contribution in [0.1, 0.15) is 46.5 Å². The average Bonchev–Trinajstić information content (AvgIpc) is 2.22. The molecule has 5 nitrogen and oxygen atoms in total. The van der Waals surface area contributed by atoms with Gasteiger partial charge >= 0.3 is 6.09 Å². The zero-order valence-corrected chi connectivity index (χ0v) is 11.7. The monoisotopic (exact) mass is 258 g/mol. The van der Waals surface area contributed by atoms with E-state index in [-0.39, 0.29) is 12.2 Å². The van der Waals surface area contributed by atoms with Crippen LogP contribution in [0.2, 0.25) is 0 Å². The van der Waals surface area contributed by atoms with Crippen LogP contribution < -0.4 is 10.6 Å². The first kappa shape index (κ1) is 15.2. The Hall–Kier alpha value is -0.810. The van der Waals surface area contributed by atoms with Gasteiger partial charge in [-0.1, -0.05) is 0 Å². The van der Waals surface area contributed by atoms with E-state index in [0.29, 0.717) is 19.1 Å². The minimum atomic E-state index is -0.453. The molecule has 1 aliphatic rings. The number of aliphatic hydroxyl groups excluding tert-OH is 1. The smallest absolute Gasteiger partial charge is 0.407 e. The third kappa shape index (κ3) is 6.81. The molecule has 0 bridgehead atoms. The summed E-state index contributed by atoms with van der Waals surface area (Å²) in [5.74, 6) is 0. The van der Waals surface area contributed by atoms with Crippen molar-refractivity contribution in [1.29, 1.82) is 0 Å². The summed E-state index contributed by atoms with van der Waals surface area (Å²) in [6.07, 6.45) is 3.34. The number of hydrogen-bond acceptors (Lipinski definition) is 4. The lowest BCUT2D eigenvalue weighted by molar-refractivity contribution is 0.0526. The number of nitrogens with one attached hydrogen (secondary N) is 2. The van der Waals surface area contributed by atoms with Crippen molar-refractivity contribution in [2.45, 2.75) is 64.2 Å². The van der Waals surface area contributed by atoms with Crippen LogP contribution in [0.4, 0.5) is 4.79 Å². The first-order valence-electron chi connectivity index (χ1n) is 6.75. The van der Waals surface area contributed by atoms with E-state index in [9.17, 15) is 9.90 Å². The molecule has 0 saturated heterocycles. The highest BCUT2D eigenvalue weighted by molar-refractivity contribution is 5.67. The van der Waals surface area contributed by atoms with Crippen LogP contribution in [-0.2, 0) is 4.74 Å². The molecular formula is C13H26N2O3. The molecule has 5 heteroatoms. The zero-order valence-electron chi connectivity index (χ0n) is 11.7. The highest BCUT2D eigenvalue weighted by Crippen LogP contribution is 2.17. The first-order chi connectivity index (χ1) is 8.37. The van der Waals surface area contributed by atoms with Gasteiger partial charge in [0, 0.05) is 19.1 Å². The van der Waals surface area contributed by atoms with Crippen molar-refractivity contribution in [2.75, 3.05) is 13.1 Å². The molecule has 1 fully saturated rings. The largest absolute Gasteiger partial charge is 0.444 e. The molecule has 0 aromatic carbocycles. The summed E-state index contributed by atoms with van der Waals surface area (Å²) in [5.41, 5.74) is -0.453. The average molecular weight is 258 g/mol. The van der Waals surface area contributed by atoms with Gasteiger partial charge in [0.15, 0.2) is 0 Å². The van der Waals surface area contributed by atoms with Gasteiger partial charge in [-0.05, 0) is 46.5 Å². The number of rotatable bonds is 4. The Morgan fingerprint density at radius 1 is 1.33 bits per heavy atom. The van der Waals surface area contributed by atoms with E-state index in [1.807, 2.05) is 20.8 Å². The molecule has 2 atom stereocenters. The predicted octanol–water partition coefficient (Wildman–Crippen LogP) is 1.40. The second-order valence-corrected chi connectivity index (χ2v) is 5.90. The summed E-state index contributed by atoms with van der Waals surface area (Å²) in [4.78, 5) is 11.4. The van der Waals surface area contributed by atoms with E-state index >= 15 is 0 Å². The summed E-state index contributed by atoms with van der Waals surface area (Å²) >= 11 is 0. The third-order valence-corrected chi connectivity index (χ3v) is 2.87. The molecule has 1 aliphatic carbocycles. The van der Waals surface area contributed by atoms with Crippen LogP contribution in [0.5, 0.6) is 0 Å².